The molecule has 6 nitrogen and oxygen atoms in total. The molecule has 1 fully saturated rings. The minimum Gasteiger partial charge on any atom is -0.493 e. The highest BCUT2D eigenvalue weighted by Gasteiger charge is 2.27. The van der Waals surface area contributed by atoms with Crippen LogP contribution in [0.25, 0.3) is 6.08 Å². The van der Waals surface area contributed by atoms with Gasteiger partial charge >= 0.3 is 0 Å². The summed E-state index contributed by atoms with van der Waals surface area (Å²) in [7, 11) is 1.60. The Bertz CT molecular complexity index is 911. The molecule has 1 unspecified atom stereocenters. The zero-order chi connectivity index (χ0) is 22.1. The van der Waals surface area contributed by atoms with Gasteiger partial charge in [0.05, 0.1) is 19.6 Å². The van der Waals surface area contributed by atoms with Crippen LogP contribution in [0.3, 0.4) is 0 Å². The van der Waals surface area contributed by atoms with E-state index in [0.29, 0.717) is 31.2 Å². The fourth-order valence-corrected chi connectivity index (χ4v) is 3.55. The van der Waals surface area contributed by atoms with Crippen LogP contribution in [0.1, 0.15) is 31.7 Å². The largest absolute Gasteiger partial charge is 0.493 e. The van der Waals surface area contributed by atoms with E-state index in [9.17, 15) is 9.59 Å². The highest BCUT2D eigenvalue weighted by atomic mass is 16.5. The number of amides is 2. The van der Waals surface area contributed by atoms with Crippen molar-refractivity contribution >= 4 is 23.6 Å². The van der Waals surface area contributed by atoms with E-state index in [1.807, 2.05) is 55.5 Å². The van der Waals surface area contributed by atoms with Gasteiger partial charge in [0, 0.05) is 24.9 Å². The van der Waals surface area contributed by atoms with E-state index < -0.39 is 0 Å². The van der Waals surface area contributed by atoms with Gasteiger partial charge in [-0.1, -0.05) is 31.2 Å². The molecule has 3 rings (SSSR count). The fraction of sp³-hybridized carbons (Fsp3) is 0.360. The first kappa shape index (κ1) is 22.4. The van der Waals surface area contributed by atoms with Crippen LogP contribution in [0.5, 0.6) is 11.5 Å². The van der Waals surface area contributed by atoms with Gasteiger partial charge < -0.3 is 19.7 Å². The van der Waals surface area contributed by atoms with Crippen molar-refractivity contribution in [3.05, 3.63) is 60.2 Å². The number of carbonyl (C=O) groups is 2. The maximum Gasteiger partial charge on any atom is 0.246 e. The molecule has 0 spiro atoms. The third-order valence-corrected chi connectivity index (χ3v) is 5.21. The highest BCUT2D eigenvalue weighted by molar-refractivity contribution is 5.95. The molecule has 0 aliphatic carbocycles. The molecule has 0 saturated carbocycles. The van der Waals surface area contributed by atoms with Crippen LogP contribution in [0.2, 0.25) is 0 Å². The number of rotatable bonds is 8. The predicted octanol–water partition coefficient (Wildman–Crippen LogP) is 4.37. The number of likely N-dealkylation sites (tertiary alicyclic amines) is 1. The number of ether oxygens (including phenoxy) is 2. The van der Waals surface area contributed by atoms with Crippen molar-refractivity contribution in [2.24, 2.45) is 5.92 Å². The molecule has 6 heteroatoms. The van der Waals surface area contributed by atoms with E-state index in [2.05, 4.69) is 5.32 Å². The number of nitrogens with one attached hydrogen (secondary N) is 1. The molecule has 0 aromatic heterocycles. The van der Waals surface area contributed by atoms with Crippen LogP contribution < -0.4 is 14.8 Å². The molecule has 164 valence electrons. The quantitative estimate of drug-likeness (QED) is 0.642. The van der Waals surface area contributed by atoms with E-state index in [1.165, 1.54) is 0 Å². The average molecular weight is 423 g/mol. The number of benzene rings is 2. The summed E-state index contributed by atoms with van der Waals surface area (Å²) < 4.78 is 11.1. The Morgan fingerprint density at radius 2 is 1.97 bits per heavy atom. The Morgan fingerprint density at radius 1 is 1.16 bits per heavy atom. The molecule has 1 N–H and O–H groups in total. The van der Waals surface area contributed by atoms with Gasteiger partial charge in [-0.3, -0.25) is 9.59 Å². The minimum atomic E-state index is -0.207. The van der Waals surface area contributed by atoms with E-state index in [1.54, 1.807) is 24.2 Å². The molecule has 31 heavy (non-hydrogen) atoms. The van der Waals surface area contributed by atoms with Crippen LogP contribution in [0.15, 0.2) is 54.6 Å². The SMILES string of the molecule is CCCOc1ccc(/C=C/C(=O)N2CCCC(C(=O)Nc3ccccc3)C2)cc1OC. The number of methoxy groups -OCH3 is 1. The minimum absolute atomic E-state index is 0.0416. The maximum atomic E-state index is 12.7. The molecule has 1 atom stereocenters. The molecular weight excluding hydrogens is 392 g/mol. The molecule has 2 aromatic carbocycles. The molecule has 2 aromatic rings. The molecule has 0 radical (unpaired) electrons. The first-order chi connectivity index (χ1) is 15.1. The van der Waals surface area contributed by atoms with Crippen molar-refractivity contribution in [3.63, 3.8) is 0 Å². The summed E-state index contributed by atoms with van der Waals surface area (Å²) in [5.74, 6) is 0.985. The van der Waals surface area contributed by atoms with Gasteiger partial charge in [0.15, 0.2) is 11.5 Å². The fourth-order valence-electron chi connectivity index (χ4n) is 3.55. The van der Waals surface area contributed by atoms with E-state index in [4.69, 9.17) is 9.47 Å². The van der Waals surface area contributed by atoms with Gasteiger partial charge in [-0.2, -0.15) is 0 Å². The predicted molar refractivity (Wildman–Crippen MR) is 122 cm³/mol. The van der Waals surface area contributed by atoms with Crippen molar-refractivity contribution in [2.75, 3.05) is 32.1 Å². The summed E-state index contributed by atoms with van der Waals surface area (Å²) in [5, 5.41) is 2.94. The summed E-state index contributed by atoms with van der Waals surface area (Å²) >= 11 is 0. The number of anilines is 1. The second-order valence-corrected chi connectivity index (χ2v) is 7.57. The summed E-state index contributed by atoms with van der Waals surface area (Å²) in [6.45, 7) is 3.75. The number of hydrogen-bond acceptors (Lipinski definition) is 4. The summed E-state index contributed by atoms with van der Waals surface area (Å²) in [6.07, 6.45) is 5.83. The van der Waals surface area contributed by atoms with Crippen LogP contribution >= 0.6 is 0 Å². The topological polar surface area (TPSA) is 67.9 Å². The Morgan fingerprint density at radius 3 is 2.71 bits per heavy atom. The average Bonchev–Trinajstić information content (AvgIpc) is 2.82. The Balaban J connectivity index is 1.59. The Labute approximate surface area is 183 Å². The van der Waals surface area contributed by atoms with Crippen molar-refractivity contribution < 1.29 is 19.1 Å². The third-order valence-electron chi connectivity index (χ3n) is 5.21. The van der Waals surface area contributed by atoms with Gasteiger partial charge in [0.25, 0.3) is 0 Å². The van der Waals surface area contributed by atoms with Gasteiger partial charge in [-0.15, -0.1) is 0 Å². The monoisotopic (exact) mass is 422 g/mol. The van der Waals surface area contributed by atoms with Gasteiger partial charge in [-0.25, -0.2) is 0 Å². The normalized spacial score (nSPS) is 16.2. The van der Waals surface area contributed by atoms with Crippen LogP contribution in [-0.2, 0) is 9.59 Å². The van der Waals surface area contributed by atoms with E-state index in [0.717, 1.165) is 30.5 Å². The van der Waals surface area contributed by atoms with Gasteiger partial charge in [0.2, 0.25) is 11.8 Å². The zero-order valence-electron chi connectivity index (χ0n) is 18.2. The Hall–Kier alpha value is -3.28. The number of carbonyl (C=O) groups excluding carboxylic acids is 2. The summed E-state index contributed by atoms with van der Waals surface area (Å²) in [5.41, 5.74) is 1.63. The Kier molecular flexibility index (Phi) is 8.10. The number of nitrogens with zero attached hydrogens (tertiary/aromatic N) is 1. The second kappa shape index (κ2) is 11.2. The van der Waals surface area contributed by atoms with E-state index in [-0.39, 0.29) is 17.7 Å². The number of para-hydroxylation sites is 1. The lowest BCUT2D eigenvalue weighted by Gasteiger charge is -2.31. The standard InChI is InChI=1S/C25H30N2O4/c1-3-16-31-22-13-11-19(17-23(22)30-2)12-14-24(28)27-15-7-8-20(18-27)25(29)26-21-9-5-4-6-10-21/h4-6,9-14,17,20H,3,7-8,15-16,18H2,1-2H3,(H,26,29)/b14-12+. The molecule has 1 heterocycles. The molecule has 2 amide bonds. The second-order valence-electron chi connectivity index (χ2n) is 7.57. The summed E-state index contributed by atoms with van der Waals surface area (Å²) in [4.78, 5) is 27.1. The zero-order valence-corrected chi connectivity index (χ0v) is 18.2. The third kappa shape index (κ3) is 6.35. The van der Waals surface area contributed by atoms with Crippen LogP contribution in [0.4, 0.5) is 5.69 Å². The van der Waals surface area contributed by atoms with Crippen molar-refractivity contribution in [1.82, 2.24) is 4.90 Å². The summed E-state index contributed by atoms with van der Waals surface area (Å²) in [6, 6.07) is 15.0. The van der Waals surface area contributed by atoms with E-state index >= 15 is 0 Å². The lowest BCUT2D eigenvalue weighted by atomic mass is 9.97. The molecule has 0 bridgehead atoms. The molecule has 1 saturated heterocycles. The first-order valence-electron chi connectivity index (χ1n) is 10.7. The first-order valence-corrected chi connectivity index (χ1v) is 10.7. The molecule has 1 aliphatic rings. The van der Waals surface area contributed by atoms with Gasteiger partial charge in [0.1, 0.15) is 0 Å². The lowest BCUT2D eigenvalue weighted by molar-refractivity contribution is -0.130. The molecule has 1 aliphatic heterocycles. The van der Waals surface area contributed by atoms with Gasteiger partial charge in [-0.05, 0) is 55.2 Å². The number of piperidine rings is 1. The maximum absolute atomic E-state index is 12.7. The van der Waals surface area contributed by atoms with Crippen LogP contribution in [-0.4, -0.2) is 43.5 Å². The van der Waals surface area contributed by atoms with Crippen molar-refractivity contribution in [1.29, 1.82) is 0 Å². The van der Waals surface area contributed by atoms with Crippen molar-refractivity contribution in [3.8, 4) is 11.5 Å². The highest BCUT2D eigenvalue weighted by Crippen LogP contribution is 2.29. The molecular formula is C25H30N2O4. The lowest BCUT2D eigenvalue weighted by Crippen LogP contribution is -2.43. The number of hydrogen-bond donors (Lipinski definition) is 1. The smallest absolute Gasteiger partial charge is 0.246 e. The van der Waals surface area contributed by atoms with Crippen LogP contribution in [0, 0.1) is 5.92 Å². The van der Waals surface area contributed by atoms with Crippen molar-refractivity contribution in [2.45, 2.75) is 26.2 Å².